The fourth-order valence-electron chi connectivity index (χ4n) is 2.42. The third-order valence-electron chi connectivity index (χ3n) is 4.12. The van der Waals surface area contributed by atoms with Crippen LogP contribution in [-0.4, -0.2) is 44.9 Å². The van der Waals surface area contributed by atoms with Gasteiger partial charge in [-0.1, -0.05) is 39.2 Å². The zero-order chi connectivity index (χ0) is 18.3. The first-order valence-corrected chi connectivity index (χ1v) is 9.24. The van der Waals surface area contributed by atoms with Crippen molar-refractivity contribution in [2.24, 2.45) is 10.9 Å². The number of aromatic nitrogens is 1. The third kappa shape index (κ3) is 9.29. The SMILES string of the molecule is CCCCC(CC)CNC(=NC)NCc1ccc(OCCOC)nc1. The Labute approximate surface area is 152 Å². The van der Waals surface area contributed by atoms with Gasteiger partial charge < -0.3 is 20.1 Å². The second-order valence-electron chi connectivity index (χ2n) is 6.07. The van der Waals surface area contributed by atoms with Crippen LogP contribution in [0.25, 0.3) is 0 Å². The largest absolute Gasteiger partial charge is 0.475 e. The van der Waals surface area contributed by atoms with E-state index in [1.165, 1.54) is 25.7 Å². The molecule has 142 valence electrons. The standard InChI is InChI=1S/C19H34N4O2/c1-5-7-8-16(6-2)13-22-19(20-3)23-15-17-9-10-18(21-14-17)25-12-11-24-4/h9-10,14,16H,5-8,11-13,15H2,1-4H3,(H2,20,22,23). The van der Waals surface area contributed by atoms with Crippen LogP contribution in [0.5, 0.6) is 5.88 Å². The van der Waals surface area contributed by atoms with E-state index < -0.39 is 0 Å². The molecule has 0 aliphatic rings. The number of rotatable bonds is 12. The number of ether oxygens (including phenoxy) is 2. The van der Waals surface area contributed by atoms with Gasteiger partial charge in [0.05, 0.1) is 6.61 Å². The average molecular weight is 351 g/mol. The fraction of sp³-hybridized carbons (Fsp3) is 0.684. The van der Waals surface area contributed by atoms with E-state index in [4.69, 9.17) is 9.47 Å². The molecule has 6 nitrogen and oxygen atoms in total. The highest BCUT2D eigenvalue weighted by molar-refractivity contribution is 5.79. The van der Waals surface area contributed by atoms with E-state index in [-0.39, 0.29) is 0 Å². The maximum absolute atomic E-state index is 5.47. The second-order valence-corrected chi connectivity index (χ2v) is 6.07. The summed E-state index contributed by atoms with van der Waals surface area (Å²) >= 11 is 0. The van der Waals surface area contributed by atoms with Crippen LogP contribution in [0.1, 0.15) is 45.1 Å². The van der Waals surface area contributed by atoms with Gasteiger partial charge in [-0.15, -0.1) is 0 Å². The van der Waals surface area contributed by atoms with Gasteiger partial charge in [0, 0.05) is 39.5 Å². The minimum atomic E-state index is 0.508. The molecule has 1 unspecified atom stereocenters. The summed E-state index contributed by atoms with van der Waals surface area (Å²) in [5.74, 6) is 2.14. The molecular formula is C19H34N4O2. The van der Waals surface area contributed by atoms with Gasteiger partial charge in [-0.05, 0) is 17.9 Å². The molecule has 0 aliphatic heterocycles. The molecule has 2 N–H and O–H groups in total. The average Bonchev–Trinajstić information content (AvgIpc) is 2.65. The van der Waals surface area contributed by atoms with Gasteiger partial charge in [0.1, 0.15) is 6.61 Å². The number of guanidine groups is 1. The molecule has 1 atom stereocenters. The van der Waals surface area contributed by atoms with Gasteiger partial charge in [0.15, 0.2) is 5.96 Å². The van der Waals surface area contributed by atoms with Crippen molar-refractivity contribution in [3.63, 3.8) is 0 Å². The number of pyridine rings is 1. The monoisotopic (exact) mass is 350 g/mol. The third-order valence-corrected chi connectivity index (χ3v) is 4.12. The summed E-state index contributed by atoms with van der Waals surface area (Å²) in [6, 6.07) is 3.88. The minimum Gasteiger partial charge on any atom is -0.475 e. The first-order chi connectivity index (χ1) is 12.2. The van der Waals surface area contributed by atoms with Gasteiger partial charge in [-0.2, -0.15) is 0 Å². The molecule has 0 spiro atoms. The molecule has 0 saturated carbocycles. The maximum atomic E-state index is 5.47. The summed E-state index contributed by atoms with van der Waals surface area (Å²) in [6.45, 7) is 7.19. The lowest BCUT2D eigenvalue weighted by Crippen LogP contribution is -2.39. The molecule has 0 bridgehead atoms. The van der Waals surface area contributed by atoms with Crippen LogP contribution in [0.2, 0.25) is 0 Å². The van der Waals surface area contributed by atoms with E-state index >= 15 is 0 Å². The Balaban J connectivity index is 2.36. The Morgan fingerprint density at radius 2 is 2.08 bits per heavy atom. The van der Waals surface area contributed by atoms with Crippen molar-refractivity contribution in [2.75, 3.05) is 33.9 Å². The summed E-state index contributed by atoms with van der Waals surface area (Å²) < 4.78 is 10.4. The van der Waals surface area contributed by atoms with Crippen LogP contribution >= 0.6 is 0 Å². The molecule has 0 saturated heterocycles. The molecule has 6 heteroatoms. The molecule has 0 fully saturated rings. The Morgan fingerprint density at radius 1 is 1.24 bits per heavy atom. The highest BCUT2D eigenvalue weighted by Crippen LogP contribution is 2.11. The van der Waals surface area contributed by atoms with E-state index in [0.29, 0.717) is 31.6 Å². The van der Waals surface area contributed by atoms with E-state index in [9.17, 15) is 0 Å². The van der Waals surface area contributed by atoms with Crippen LogP contribution in [0.3, 0.4) is 0 Å². The van der Waals surface area contributed by atoms with Gasteiger partial charge >= 0.3 is 0 Å². The summed E-state index contributed by atoms with van der Waals surface area (Å²) in [5.41, 5.74) is 1.08. The normalized spacial score (nSPS) is 12.7. The van der Waals surface area contributed by atoms with Gasteiger partial charge in [-0.3, -0.25) is 4.99 Å². The molecule has 0 aliphatic carbocycles. The Bertz CT molecular complexity index is 477. The summed E-state index contributed by atoms with van der Waals surface area (Å²) in [4.78, 5) is 8.59. The first kappa shape index (κ1) is 21.2. The van der Waals surface area contributed by atoms with Gasteiger partial charge in [0.2, 0.25) is 5.88 Å². The van der Waals surface area contributed by atoms with E-state index in [0.717, 1.165) is 18.1 Å². The van der Waals surface area contributed by atoms with Crippen LogP contribution in [0.15, 0.2) is 23.3 Å². The zero-order valence-electron chi connectivity index (χ0n) is 16.2. The molecule has 1 heterocycles. The van der Waals surface area contributed by atoms with Crippen molar-refractivity contribution in [1.29, 1.82) is 0 Å². The van der Waals surface area contributed by atoms with Crippen molar-refractivity contribution < 1.29 is 9.47 Å². The lowest BCUT2D eigenvalue weighted by molar-refractivity contribution is 0.143. The quantitative estimate of drug-likeness (QED) is 0.345. The topological polar surface area (TPSA) is 67.8 Å². The minimum absolute atomic E-state index is 0.508. The molecule has 1 rings (SSSR count). The van der Waals surface area contributed by atoms with Crippen LogP contribution < -0.4 is 15.4 Å². The molecule has 0 amide bonds. The van der Waals surface area contributed by atoms with Crippen molar-refractivity contribution in [3.05, 3.63) is 23.9 Å². The number of methoxy groups -OCH3 is 1. The second kappa shape index (κ2) is 13.5. The fourth-order valence-corrected chi connectivity index (χ4v) is 2.42. The van der Waals surface area contributed by atoms with Crippen molar-refractivity contribution in [3.8, 4) is 5.88 Å². The van der Waals surface area contributed by atoms with Crippen LogP contribution in [-0.2, 0) is 11.3 Å². The number of aliphatic imine (C=N–C) groups is 1. The number of unbranched alkanes of at least 4 members (excludes halogenated alkanes) is 1. The van der Waals surface area contributed by atoms with Gasteiger partial charge in [0.25, 0.3) is 0 Å². The Morgan fingerprint density at radius 3 is 2.68 bits per heavy atom. The van der Waals surface area contributed by atoms with E-state index in [1.807, 2.05) is 18.3 Å². The lowest BCUT2D eigenvalue weighted by Gasteiger charge is -2.18. The Kier molecular flexibility index (Phi) is 11.4. The van der Waals surface area contributed by atoms with Gasteiger partial charge in [-0.25, -0.2) is 4.98 Å². The molecular weight excluding hydrogens is 316 g/mol. The summed E-state index contributed by atoms with van der Waals surface area (Å²) in [5, 5.41) is 6.76. The first-order valence-electron chi connectivity index (χ1n) is 9.24. The zero-order valence-corrected chi connectivity index (χ0v) is 16.2. The maximum Gasteiger partial charge on any atom is 0.213 e. The smallest absolute Gasteiger partial charge is 0.213 e. The highest BCUT2D eigenvalue weighted by Gasteiger charge is 2.07. The summed E-state index contributed by atoms with van der Waals surface area (Å²) in [6.07, 6.45) is 6.82. The Hall–Kier alpha value is -1.82. The molecule has 0 aromatic carbocycles. The number of hydrogen-bond donors (Lipinski definition) is 2. The molecule has 0 radical (unpaired) electrons. The van der Waals surface area contributed by atoms with E-state index in [1.54, 1.807) is 14.2 Å². The molecule has 1 aromatic rings. The van der Waals surface area contributed by atoms with Crippen molar-refractivity contribution in [1.82, 2.24) is 15.6 Å². The van der Waals surface area contributed by atoms with E-state index in [2.05, 4.69) is 34.5 Å². The molecule has 25 heavy (non-hydrogen) atoms. The number of nitrogens with zero attached hydrogens (tertiary/aromatic N) is 2. The lowest BCUT2D eigenvalue weighted by atomic mass is 9.99. The number of nitrogens with one attached hydrogen (secondary N) is 2. The highest BCUT2D eigenvalue weighted by atomic mass is 16.5. The predicted molar refractivity (Wildman–Crippen MR) is 103 cm³/mol. The van der Waals surface area contributed by atoms with Crippen molar-refractivity contribution >= 4 is 5.96 Å². The van der Waals surface area contributed by atoms with Crippen LogP contribution in [0.4, 0.5) is 0 Å². The predicted octanol–water partition coefficient (Wildman–Crippen LogP) is 2.99. The number of hydrogen-bond acceptors (Lipinski definition) is 4. The van der Waals surface area contributed by atoms with Crippen molar-refractivity contribution in [2.45, 2.75) is 46.1 Å². The summed E-state index contributed by atoms with van der Waals surface area (Å²) in [7, 11) is 3.45. The van der Waals surface area contributed by atoms with Crippen LogP contribution in [0, 0.1) is 5.92 Å². The molecule has 1 aromatic heterocycles.